The van der Waals surface area contributed by atoms with Crippen LogP contribution >= 0.6 is 0 Å². The normalized spacial score (nSPS) is 10.9. The van der Waals surface area contributed by atoms with Gasteiger partial charge in [0.05, 0.1) is 27.0 Å². The van der Waals surface area contributed by atoms with Crippen LogP contribution in [0, 0.1) is 12.7 Å². The number of methoxy groups -OCH3 is 3. The fourth-order valence-corrected chi connectivity index (χ4v) is 3.11. The number of benzene rings is 2. The number of carbonyl (C=O) groups is 1. The van der Waals surface area contributed by atoms with Crippen molar-refractivity contribution in [3.05, 3.63) is 71.6 Å². The van der Waals surface area contributed by atoms with Crippen LogP contribution in [-0.2, 0) is 11.3 Å². The quantitative estimate of drug-likeness (QED) is 0.558. The van der Waals surface area contributed by atoms with Crippen molar-refractivity contribution >= 4 is 12.0 Å². The highest BCUT2D eigenvalue weighted by atomic mass is 19.1. The molecule has 0 bridgehead atoms. The van der Waals surface area contributed by atoms with Gasteiger partial charge in [0.15, 0.2) is 11.5 Å². The highest BCUT2D eigenvalue weighted by molar-refractivity contribution is 5.91. The van der Waals surface area contributed by atoms with E-state index in [1.54, 1.807) is 54.2 Å². The van der Waals surface area contributed by atoms with Crippen molar-refractivity contribution < 1.29 is 23.4 Å². The summed E-state index contributed by atoms with van der Waals surface area (Å²) in [4.78, 5) is 16.3. The van der Waals surface area contributed by atoms with Crippen LogP contribution in [0.3, 0.4) is 0 Å². The summed E-state index contributed by atoms with van der Waals surface area (Å²) in [6.45, 7) is 1.99. The molecule has 0 unspecified atom stereocenters. The van der Waals surface area contributed by atoms with Gasteiger partial charge in [-0.3, -0.25) is 4.79 Å². The molecule has 0 spiro atoms. The van der Waals surface area contributed by atoms with Crippen LogP contribution in [0.25, 0.3) is 11.8 Å². The van der Waals surface area contributed by atoms with E-state index in [2.05, 4.69) is 10.3 Å². The van der Waals surface area contributed by atoms with Crippen molar-refractivity contribution in [3.63, 3.8) is 0 Å². The second-order valence-corrected chi connectivity index (χ2v) is 6.64. The van der Waals surface area contributed by atoms with E-state index in [1.165, 1.54) is 33.5 Å². The lowest BCUT2D eigenvalue weighted by atomic mass is 10.1. The number of nitrogens with zero attached hydrogens (tertiary/aromatic N) is 2. The molecule has 1 heterocycles. The van der Waals surface area contributed by atoms with Gasteiger partial charge in [0.2, 0.25) is 11.7 Å². The lowest BCUT2D eigenvalue weighted by molar-refractivity contribution is -0.116. The largest absolute Gasteiger partial charge is 0.493 e. The summed E-state index contributed by atoms with van der Waals surface area (Å²) < 4.78 is 32.0. The fraction of sp³-hybridized carbons (Fsp3) is 0.217. The average molecular weight is 425 g/mol. The maximum absolute atomic E-state index is 14.5. The van der Waals surface area contributed by atoms with E-state index in [0.29, 0.717) is 39.9 Å². The maximum Gasteiger partial charge on any atom is 0.244 e. The molecule has 0 fully saturated rings. The van der Waals surface area contributed by atoms with Gasteiger partial charge in [0.25, 0.3) is 0 Å². The van der Waals surface area contributed by atoms with Crippen molar-refractivity contribution in [2.45, 2.75) is 13.5 Å². The van der Waals surface area contributed by atoms with E-state index in [1.807, 2.05) is 0 Å². The molecule has 8 heteroatoms. The van der Waals surface area contributed by atoms with Crippen LogP contribution in [0.4, 0.5) is 4.39 Å². The SMILES string of the molecule is COc1cc(/C=C/C(=O)NCc2ccc(-n3ccnc3C)c(F)c2)cc(OC)c1OC. The zero-order valence-corrected chi connectivity index (χ0v) is 17.8. The third kappa shape index (κ3) is 5.03. The molecule has 3 rings (SSSR count). The van der Waals surface area contributed by atoms with Crippen molar-refractivity contribution in [1.82, 2.24) is 14.9 Å². The maximum atomic E-state index is 14.5. The minimum atomic E-state index is -0.388. The molecular weight excluding hydrogens is 401 g/mol. The first-order valence-corrected chi connectivity index (χ1v) is 9.51. The Morgan fingerprint density at radius 1 is 1.13 bits per heavy atom. The van der Waals surface area contributed by atoms with Gasteiger partial charge in [-0.05, 0) is 48.4 Å². The number of aromatic nitrogens is 2. The van der Waals surface area contributed by atoms with Gasteiger partial charge in [0.1, 0.15) is 11.6 Å². The molecular formula is C23H24FN3O4. The number of aryl methyl sites for hydroxylation is 1. The second-order valence-electron chi connectivity index (χ2n) is 6.64. The van der Waals surface area contributed by atoms with E-state index in [0.717, 1.165) is 0 Å². The highest BCUT2D eigenvalue weighted by Gasteiger charge is 2.12. The van der Waals surface area contributed by atoms with Crippen LogP contribution in [0.5, 0.6) is 17.2 Å². The average Bonchev–Trinajstić information content (AvgIpc) is 3.20. The molecule has 2 aromatic carbocycles. The molecule has 1 N–H and O–H groups in total. The van der Waals surface area contributed by atoms with Gasteiger partial charge in [-0.25, -0.2) is 9.37 Å². The summed E-state index contributed by atoms with van der Waals surface area (Å²) in [5.74, 6) is 1.44. The lowest BCUT2D eigenvalue weighted by Crippen LogP contribution is -2.20. The smallest absolute Gasteiger partial charge is 0.244 e. The molecule has 0 atom stereocenters. The monoisotopic (exact) mass is 425 g/mol. The third-order valence-corrected chi connectivity index (χ3v) is 4.68. The van der Waals surface area contributed by atoms with Gasteiger partial charge in [-0.2, -0.15) is 0 Å². The van der Waals surface area contributed by atoms with E-state index < -0.39 is 0 Å². The molecule has 162 valence electrons. The Kier molecular flexibility index (Phi) is 6.92. The molecule has 31 heavy (non-hydrogen) atoms. The number of nitrogens with one attached hydrogen (secondary N) is 1. The molecule has 0 aliphatic heterocycles. The minimum Gasteiger partial charge on any atom is -0.493 e. The van der Waals surface area contributed by atoms with Crippen LogP contribution in [-0.4, -0.2) is 36.8 Å². The molecule has 7 nitrogen and oxygen atoms in total. The van der Waals surface area contributed by atoms with Crippen LogP contribution in [0.1, 0.15) is 17.0 Å². The van der Waals surface area contributed by atoms with Crippen molar-refractivity contribution in [2.24, 2.45) is 0 Å². The highest BCUT2D eigenvalue weighted by Crippen LogP contribution is 2.38. The Morgan fingerprint density at radius 2 is 1.84 bits per heavy atom. The Morgan fingerprint density at radius 3 is 2.39 bits per heavy atom. The summed E-state index contributed by atoms with van der Waals surface area (Å²) in [6, 6.07) is 8.30. The Bertz CT molecular complexity index is 1080. The van der Waals surface area contributed by atoms with Gasteiger partial charge >= 0.3 is 0 Å². The van der Waals surface area contributed by atoms with Crippen LogP contribution in [0.2, 0.25) is 0 Å². The summed E-state index contributed by atoms with van der Waals surface area (Å²) in [7, 11) is 4.57. The third-order valence-electron chi connectivity index (χ3n) is 4.68. The minimum absolute atomic E-state index is 0.193. The summed E-state index contributed by atoms with van der Waals surface area (Å²) in [5, 5.41) is 2.74. The molecule has 0 saturated heterocycles. The molecule has 0 radical (unpaired) electrons. The number of hydrogen-bond donors (Lipinski definition) is 1. The summed E-state index contributed by atoms with van der Waals surface area (Å²) >= 11 is 0. The number of hydrogen-bond acceptors (Lipinski definition) is 5. The van der Waals surface area contributed by atoms with Gasteiger partial charge in [0, 0.05) is 25.0 Å². The number of amides is 1. The Labute approximate surface area is 180 Å². The molecule has 0 aliphatic carbocycles. The molecule has 1 aromatic heterocycles. The van der Waals surface area contributed by atoms with Gasteiger partial charge < -0.3 is 24.1 Å². The number of rotatable bonds is 8. The van der Waals surface area contributed by atoms with E-state index in [9.17, 15) is 9.18 Å². The van der Waals surface area contributed by atoms with Crippen molar-refractivity contribution in [3.8, 4) is 22.9 Å². The van der Waals surface area contributed by atoms with E-state index in [4.69, 9.17) is 14.2 Å². The fourth-order valence-electron chi connectivity index (χ4n) is 3.11. The summed E-state index contributed by atoms with van der Waals surface area (Å²) in [6.07, 6.45) is 6.33. The second kappa shape index (κ2) is 9.80. The van der Waals surface area contributed by atoms with E-state index >= 15 is 0 Å². The molecule has 1 amide bonds. The molecule has 0 aliphatic rings. The number of carbonyl (C=O) groups excluding carboxylic acids is 1. The Balaban J connectivity index is 1.66. The predicted octanol–water partition coefficient (Wildman–Crippen LogP) is 3.68. The standard InChI is InChI=1S/C23H24FN3O4/c1-15-25-9-10-27(15)19-7-5-17(11-18(19)24)14-26-22(28)8-6-16-12-20(29-2)23(31-4)21(13-16)30-3/h5-13H,14H2,1-4H3,(H,26,28)/b8-6+. The van der Waals surface area contributed by atoms with Crippen LogP contribution in [0.15, 0.2) is 48.8 Å². The number of ether oxygens (including phenoxy) is 3. The number of halogens is 1. The first-order chi connectivity index (χ1) is 15.0. The molecule has 0 saturated carbocycles. The van der Waals surface area contributed by atoms with Gasteiger partial charge in [-0.1, -0.05) is 6.07 Å². The predicted molar refractivity (Wildman–Crippen MR) is 115 cm³/mol. The van der Waals surface area contributed by atoms with Crippen LogP contribution < -0.4 is 19.5 Å². The van der Waals surface area contributed by atoms with E-state index in [-0.39, 0.29) is 18.3 Å². The first kappa shape index (κ1) is 21.9. The number of imidazole rings is 1. The molecule has 3 aromatic rings. The van der Waals surface area contributed by atoms with Crippen molar-refractivity contribution in [2.75, 3.05) is 21.3 Å². The topological polar surface area (TPSA) is 74.6 Å². The first-order valence-electron chi connectivity index (χ1n) is 9.51. The zero-order valence-electron chi connectivity index (χ0n) is 17.8. The Hall–Kier alpha value is -3.81. The van der Waals surface area contributed by atoms with Crippen molar-refractivity contribution in [1.29, 1.82) is 0 Å². The zero-order chi connectivity index (χ0) is 22.4. The summed E-state index contributed by atoms with van der Waals surface area (Å²) in [5.41, 5.74) is 1.76. The lowest BCUT2D eigenvalue weighted by Gasteiger charge is -2.12. The van der Waals surface area contributed by atoms with Gasteiger partial charge in [-0.15, -0.1) is 0 Å².